The third-order valence-electron chi connectivity index (χ3n) is 5.72. The average Bonchev–Trinajstić information content (AvgIpc) is 3.38. The van der Waals surface area contributed by atoms with E-state index in [1.54, 1.807) is 36.6 Å². The fraction of sp³-hybridized carbons (Fsp3) is 0.296. The number of aryl methyl sites for hydroxylation is 1. The number of carbonyl (C=O) groups excluding carboxylic acids is 2. The van der Waals surface area contributed by atoms with E-state index in [-0.39, 0.29) is 21.4 Å². The maximum Gasteiger partial charge on any atom is 0.446 e. The van der Waals surface area contributed by atoms with E-state index in [4.69, 9.17) is 15.9 Å². The number of unbranched alkanes of at least 4 members (excludes halogenated alkanes) is 1. The van der Waals surface area contributed by atoms with Gasteiger partial charge in [-0.15, -0.1) is 23.1 Å². The highest BCUT2D eigenvalue weighted by molar-refractivity contribution is 8.01. The third kappa shape index (κ3) is 10.9. The van der Waals surface area contributed by atoms with Gasteiger partial charge in [0.1, 0.15) is 15.7 Å². The lowest BCUT2D eigenvalue weighted by Crippen LogP contribution is -2.30. The molecule has 0 aliphatic rings. The minimum Gasteiger partial charge on any atom is -0.383 e. The molecule has 0 aliphatic heterocycles. The summed E-state index contributed by atoms with van der Waals surface area (Å²) in [6.45, 7) is 2.19. The number of halogens is 3. The van der Waals surface area contributed by atoms with Crippen molar-refractivity contribution in [3.8, 4) is 11.1 Å². The highest BCUT2D eigenvalue weighted by Gasteiger charge is 2.26. The van der Waals surface area contributed by atoms with Crippen LogP contribution in [0, 0.1) is 12.3 Å². The first kappa shape index (κ1) is 36.8. The second-order valence-corrected chi connectivity index (χ2v) is 15.6. The fourth-order valence-electron chi connectivity index (χ4n) is 3.78. The Morgan fingerprint density at radius 3 is 2.30 bits per heavy atom. The summed E-state index contributed by atoms with van der Waals surface area (Å²) >= 11 is 2.44. The van der Waals surface area contributed by atoms with Crippen LogP contribution < -0.4 is 16.4 Å². The van der Waals surface area contributed by atoms with Gasteiger partial charge in [-0.2, -0.15) is 13.2 Å². The molecular weight excluding hydrogens is 662 g/mol. The number of hydrogen-bond donors (Lipinski definition) is 4. The van der Waals surface area contributed by atoms with Crippen molar-refractivity contribution in [2.24, 2.45) is 5.73 Å². The molecule has 0 aliphatic carbocycles. The normalized spacial score (nSPS) is 11.7. The molecule has 2 aromatic carbocycles. The van der Waals surface area contributed by atoms with Gasteiger partial charge in [-0.05, 0) is 61.4 Å². The topological polar surface area (TPSA) is 176 Å². The quantitative estimate of drug-likeness (QED) is 0.0692. The number of amidine groups is 1. The molecule has 3 aromatic rings. The Hall–Kier alpha value is -3.41. The van der Waals surface area contributed by atoms with Crippen LogP contribution in [0.2, 0.25) is 0 Å². The maximum absolute atomic E-state index is 13.6. The first-order chi connectivity index (χ1) is 20.4. The Bertz CT molecular complexity index is 1720. The monoisotopic (exact) mass is 692 g/mol. The van der Waals surface area contributed by atoms with Crippen LogP contribution in [-0.2, 0) is 24.5 Å². The SMILES string of the molecule is CSc1sc(C(=N)N)cc1S(=O)(=O)c1cccc(-c2c(C)cccc2NC(=O)NCCCCS(C)(=O)=O)c1.O=CC(F)(F)F. The lowest BCUT2D eigenvalue weighted by atomic mass is 9.98. The second kappa shape index (κ2) is 15.5. The number of nitrogens with two attached hydrogens (primary N) is 1. The number of alkyl halides is 3. The van der Waals surface area contributed by atoms with Crippen LogP contribution >= 0.6 is 23.1 Å². The Morgan fingerprint density at radius 1 is 1.09 bits per heavy atom. The van der Waals surface area contributed by atoms with E-state index in [1.165, 1.54) is 30.2 Å². The molecule has 10 nitrogen and oxygen atoms in total. The first-order valence-electron chi connectivity index (χ1n) is 12.6. The summed E-state index contributed by atoms with van der Waals surface area (Å²) in [6.07, 6.45) is -1.78. The molecule has 3 rings (SSSR count). The number of urea groups is 1. The number of hydrogen-bond acceptors (Lipinski definition) is 9. The van der Waals surface area contributed by atoms with E-state index < -0.39 is 38.2 Å². The van der Waals surface area contributed by atoms with Gasteiger partial charge in [0, 0.05) is 24.1 Å². The molecule has 0 atom stereocenters. The van der Waals surface area contributed by atoms with Gasteiger partial charge in [-0.3, -0.25) is 10.2 Å². The van der Waals surface area contributed by atoms with Gasteiger partial charge in [0.2, 0.25) is 16.1 Å². The number of nitrogens with one attached hydrogen (secondary N) is 3. The number of rotatable bonds is 11. The van der Waals surface area contributed by atoms with Gasteiger partial charge in [0.25, 0.3) is 0 Å². The molecule has 17 heteroatoms. The maximum atomic E-state index is 13.6. The van der Waals surface area contributed by atoms with Crippen LogP contribution in [0.5, 0.6) is 0 Å². The summed E-state index contributed by atoms with van der Waals surface area (Å²) in [4.78, 5) is 21.8. The molecule has 2 amide bonds. The average molecular weight is 693 g/mol. The molecular formula is C27H31F3N4O6S4. The van der Waals surface area contributed by atoms with Crippen molar-refractivity contribution >= 4 is 66.6 Å². The van der Waals surface area contributed by atoms with Crippen LogP contribution in [0.1, 0.15) is 23.3 Å². The molecule has 0 saturated heterocycles. The van der Waals surface area contributed by atoms with Gasteiger partial charge < -0.3 is 16.4 Å². The largest absolute Gasteiger partial charge is 0.446 e. The molecule has 1 aromatic heterocycles. The number of thiophene rings is 1. The van der Waals surface area contributed by atoms with Gasteiger partial charge in [0.15, 0.2) is 0 Å². The summed E-state index contributed by atoms with van der Waals surface area (Å²) in [7, 11) is -6.95. The number of anilines is 1. The number of benzene rings is 2. The third-order valence-corrected chi connectivity index (χ3v) is 11.1. The summed E-state index contributed by atoms with van der Waals surface area (Å²) in [5, 5.41) is 13.2. The number of amides is 2. The Balaban J connectivity index is 0.00000102. The number of nitrogen functional groups attached to an aromatic ring is 1. The second-order valence-electron chi connectivity index (χ2n) is 9.29. The molecule has 240 valence electrons. The molecule has 0 radical (unpaired) electrons. The number of carbonyl (C=O) groups is 2. The van der Waals surface area contributed by atoms with Gasteiger partial charge in [-0.1, -0.05) is 24.3 Å². The molecule has 1 heterocycles. The number of thioether (sulfide) groups is 1. The predicted molar refractivity (Wildman–Crippen MR) is 167 cm³/mol. The van der Waals surface area contributed by atoms with Crippen molar-refractivity contribution in [1.29, 1.82) is 5.41 Å². The van der Waals surface area contributed by atoms with Crippen molar-refractivity contribution < 1.29 is 39.6 Å². The minimum absolute atomic E-state index is 0.0669. The Labute approximate surface area is 262 Å². The number of sulfone groups is 2. The van der Waals surface area contributed by atoms with E-state index in [2.05, 4.69) is 10.6 Å². The van der Waals surface area contributed by atoms with E-state index in [0.717, 1.165) is 16.9 Å². The summed E-state index contributed by atoms with van der Waals surface area (Å²) in [6, 6.07) is 12.9. The smallest absolute Gasteiger partial charge is 0.383 e. The van der Waals surface area contributed by atoms with E-state index in [9.17, 15) is 34.8 Å². The first-order valence-corrected chi connectivity index (χ1v) is 18.2. The van der Waals surface area contributed by atoms with Crippen molar-refractivity contribution in [2.75, 3.05) is 30.1 Å². The lowest BCUT2D eigenvalue weighted by Gasteiger charge is -2.16. The van der Waals surface area contributed by atoms with Crippen LogP contribution in [0.25, 0.3) is 11.1 Å². The highest BCUT2D eigenvalue weighted by Crippen LogP contribution is 2.38. The van der Waals surface area contributed by atoms with Gasteiger partial charge in [0.05, 0.1) is 24.6 Å². The van der Waals surface area contributed by atoms with Crippen LogP contribution in [0.4, 0.5) is 23.7 Å². The van der Waals surface area contributed by atoms with Crippen molar-refractivity contribution in [3.63, 3.8) is 0 Å². The molecule has 5 N–H and O–H groups in total. The predicted octanol–water partition coefficient (Wildman–Crippen LogP) is 5.26. The fourth-order valence-corrected chi connectivity index (χ4v) is 8.41. The van der Waals surface area contributed by atoms with E-state index >= 15 is 0 Å². The van der Waals surface area contributed by atoms with Crippen molar-refractivity contribution in [2.45, 2.75) is 39.9 Å². The molecule has 0 unspecified atom stereocenters. The molecule has 44 heavy (non-hydrogen) atoms. The van der Waals surface area contributed by atoms with Crippen LogP contribution in [-0.4, -0.2) is 66.0 Å². The molecule has 0 bridgehead atoms. The summed E-state index contributed by atoms with van der Waals surface area (Å²) < 4.78 is 81.5. The van der Waals surface area contributed by atoms with E-state index in [1.807, 2.05) is 13.0 Å². The zero-order valence-electron chi connectivity index (χ0n) is 23.8. The summed E-state index contributed by atoms with van der Waals surface area (Å²) in [5.74, 6) is -0.123. The highest BCUT2D eigenvalue weighted by atomic mass is 32.2. The summed E-state index contributed by atoms with van der Waals surface area (Å²) in [5.41, 5.74) is 8.23. The Morgan fingerprint density at radius 2 is 1.73 bits per heavy atom. The van der Waals surface area contributed by atoms with E-state index in [0.29, 0.717) is 45.3 Å². The van der Waals surface area contributed by atoms with Crippen molar-refractivity contribution in [1.82, 2.24) is 5.32 Å². The van der Waals surface area contributed by atoms with Crippen LogP contribution in [0.3, 0.4) is 0 Å². The van der Waals surface area contributed by atoms with Gasteiger partial charge in [-0.25, -0.2) is 21.6 Å². The Kier molecular flexibility index (Phi) is 13.0. The standard InChI is InChI=1S/C25H30N4O5S4.C2HF3O/c1-16-8-6-11-19(29-25(30)28-12-4-5-13-37(3,31)32)22(16)17-9-7-10-18(14-17)38(33,34)21-15-20(23(26)27)36-24(21)35-2;3-2(4,5)1-6/h6-11,14-15H,4-5,12-13H2,1-3H3,(H3,26,27)(H2,28,29,30);1H. The minimum atomic E-state index is -4.64. The number of aldehydes is 1. The zero-order valence-corrected chi connectivity index (χ0v) is 27.1. The zero-order chi connectivity index (χ0) is 33.3. The lowest BCUT2D eigenvalue weighted by molar-refractivity contribution is -0.156. The molecule has 0 fully saturated rings. The van der Waals surface area contributed by atoms with Crippen LogP contribution in [0.15, 0.2) is 62.5 Å². The van der Waals surface area contributed by atoms with Crippen molar-refractivity contribution in [3.05, 3.63) is 59.0 Å². The molecule has 0 spiro atoms. The van der Waals surface area contributed by atoms with Gasteiger partial charge >= 0.3 is 12.2 Å². The molecule has 0 saturated carbocycles.